The summed E-state index contributed by atoms with van der Waals surface area (Å²) in [5, 5.41) is 9.85. The molecule has 0 radical (unpaired) electrons. The van der Waals surface area contributed by atoms with Crippen molar-refractivity contribution < 1.29 is 14.7 Å². The third-order valence-corrected chi connectivity index (χ3v) is 8.17. The molecule has 1 aromatic carbocycles. The van der Waals surface area contributed by atoms with Gasteiger partial charge in [0.1, 0.15) is 5.82 Å². The molecule has 1 saturated carbocycles. The van der Waals surface area contributed by atoms with Gasteiger partial charge in [-0.15, -0.1) is 0 Å². The third kappa shape index (κ3) is 4.66. The molecule has 3 aliphatic rings. The predicted molar refractivity (Wildman–Crippen MR) is 136 cm³/mol. The van der Waals surface area contributed by atoms with Crippen molar-refractivity contribution in [3.05, 3.63) is 48.2 Å². The van der Waals surface area contributed by atoms with Crippen molar-refractivity contribution in [2.45, 2.75) is 57.1 Å². The Hall–Kier alpha value is -2.93. The van der Waals surface area contributed by atoms with Crippen molar-refractivity contribution in [3.8, 4) is 11.1 Å². The lowest BCUT2D eigenvalue weighted by molar-refractivity contribution is -0.139. The fourth-order valence-corrected chi connectivity index (χ4v) is 6.08. The summed E-state index contributed by atoms with van der Waals surface area (Å²) in [5.41, 5.74) is 2.39. The molecule has 2 aliphatic heterocycles. The highest BCUT2D eigenvalue weighted by Crippen LogP contribution is 2.43. The first-order valence-corrected chi connectivity index (χ1v) is 12.9. The van der Waals surface area contributed by atoms with E-state index in [1.807, 2.05) is 36.5 Å². The standard InChI is InChI=1S/C28H36N4O3/c1-30(2)26(34)21-6-4-20(5-7-21)22-8-13-25(29-18-22)31-16-3-14-28(19-31)15-17-32(27(28)35)23-9-11-24(33)12-10-23/h4-8,13,18,23-24,33H,3,9-12,14-17,19H2,1-2H3/t23-,24-,28-/m1/s1. The number of amides is 2. The Balaban J connectivity index is 1.26. The second kappa shape index (κ2) is 9.61. The van der Waals surface area contributed by atoms with Gasteiger partial charge in [0.15, 0.2) is 0 Å². The zero-order valence-electron chi connectivity index (χ0n) is 20.8. The fraction of sp³-hybridized carbons (Fsp3) is 0.536. The molecule has 1 atom stereocenters. The van der Waals surface area contributed by atoms with E-state index < -0.39 is 0 Å². The van der Waals surface area contributed by atoms with E-state index in [0.717, 1.165) is 81.5 Å². The van der Waals surface area contributed by atoms with E-state index in [-0.39, 0.29) is 23.5 Å². The first-order chi connectivity index (χ1) is 16.9. The van der Waals surface area contributed by atoms with Gasteiger partial charge in [0.2, 0.25) is 5.91 Å². The molecule has 5 rings (SSSR count). The predicted octanol–water partition coefficient (Wildman–Crippen LogP) is 3.57. The number of aliphatic hydroxyl groups excluding tert-OH is 1. The van der Waals surface area contributed by atoms with Gasteiger partial charge < -0.3 is 19.8 Å². The number of hydrogen-bond acceptors (Lipinski definition) is 5. The molecular formula is C28H36N4O3. The Morgan fingerprint density at radius 2 is 1.71 bits per heavy atom. The average molecular weight is 477 g/mol. The number of piperidine rings is 1. The highest BCUT2D eigenvalue weighted by molar-refractivity contribution is 5.94. The van der Waals surface area contributed by atoms with E-state index in [2.05, 4.69) is 15.9 Å². The lowest BCUT2D eigenvalue weighted by atomic mass is 9.78. The smallest absolute Gasteiger partial charge is 0.253 e. The molecule has 7 nitrogen and oxygen atoms in total. The highest BCUT2D eigenvalue weighted by atomic mass is 16.3. The molecule has 1 spiro atoms. The number of benzene rings is 1. The highest BCUT2D eigenvalue weighted by Gasteiger charge is 2.50. The molecule has 1 N–H and O–H groups in total. The summed E-state index contributed by atoms with van der Waals surface area (Å²) in [4.78, 5) is 36.5. The summed E-state index contributed by atoms with van der Waals surface area (Å²) in [6, 6.07) is 12.0. The van der Waals surface area contributed by atoms with Gasteiger partial charge in [-0.25, -0.2) is 4.98 Å². The molecule has 0 bridgehead atoms. The van der Waals surface area contributed by atoms with Crippen LogP contribution in [0.25, 0.3) is 11.1 Å². The Bertz CT molecular complexity index is 1060. The summed E-state index contributed by atoms with van der Waals surface area (Å²) in [6.07, 6.45) is 7.98. The Morgan fingerprint density at radius 3 is 2.37 bits per heavy atom. The van der Waals surface area contributed by atoms with Crippen LogP contribution < -0.4 is 4.90 Å². The van der Waals surface area contributed by atoms with Gasteiger partial charge in [0, 0.05) is 57.1 Å². The number of anilines is 1. The second-order valence-corrected chi connectivity index (χ2v) is 10.7. The Morgan fingerprint density at radius 1 is 1.00 bits per heavy atom. The SMILES string of the molecule is CN(C)C(=O)c1ccc(-c2ccc(N3CCC[C@@]4(CCN([C@H]5CC[C@H](O)CC5)C4=O)C3)nc2)cc1. The van der Waals surface area contributed by atoms with Gasteiger partial charge in [-0.05, 0) is 74.8 Å². The number of rotatable bonds is 4. The van der Waals surface area contributed by atoms with Crippen LogP contribution in [-0.4, -0.2) is 77.6 Å². The molecule has 7 heteroatoms. The maximum Gasteiger partial charge on any atom is 0.253 e. The molecular weight excluding hydrogens is 440 g/mol. The number of aliphatic hydroxyl groups is 1. The van der Waals surface area contributed by atoms with Crippen LogP contribution >= 0.6 is 0 Å². The zero-order valence-corrected chi connectivity index (χ0v) is 20.8. The van der Waals surface area contributed by atoms with Crippen molar-refractivity contribution >= 4 is 17.6 Å². The maximum atomic E-state index is 13.6. The molecule has 1 aromatic heterocycles. The second-order valence-electron chi connectivity index (χ2n) is 10.7. The van der Waals surface area contributed by atoms with Crippen LogP contribution in [-0.2, 0) is 4.79 Å². The van der Waals surface area contributed by atoms with Gasteiger partial charge in [-0.2, -0.15) is 0 Å². The number of carbonyl (C=O) groups is 2. The molecule has 1 aliphatic carbocycles. The van der Waals surface area contributed by atoms with Crippen LogP contribution in [0.1, 0.15) is 55.3 Å². The molecule has 35 heavy (non-hydrogen) atoms. The summed E-state index contributed by atoms with van der Waals surface area (Å²) >= 11 is 0. The van der Waals surface area contributed by atoms with Crippen molar-refractivity contribution in [1.82, 2.24) is 14.8 Å². The van der Waals surface area contributed by atoms with Crippen LogP contribution in [0.4, 0.5) is 5.82 Å². The van der Waals surface area contributed by atoms with Crippen molar-refractivity contribution in [1.29, 1.82) is 0 Å². The van der Waals surface area contributed by atoms with Gasteiger partial charge in [-0.1, -0.05) is 12.1 Å². The molecule has 186 valence electrons. The monoisotopic (exact) mass is 476 g/mol. The van der Waals surface area contributed by atoms with Crippen LogP contribution in [0.2, 0.25) is 0 Å². The minimum Gasteiger partial charge on any atom is -0.393 e. The van der Waals surface area contributed by atoms with Crippen LogP contribution in [0.3, 0.4) is 0 Å². The maximum absolute atomic E-state index is 13.6. The molecule has 2 amide bonds. The number of hydrogen-bond donors (Lipinski definition) is 1. The number of nitrogens with zero attached hydrogens (tertiary/aromatic N) is 4. The minimum atomic E-state index is -0.302. The minimum absolute atomic E-state index is 0.00912. The van der Waals surface area contributed by atoms with Gasteiger partial charge in [0.05, 0.1) is 11.5 Å². The summed E-state index contributed by atoms with van der Waals surface area (Å²) in [5.74, 6) is 1.22. The Kier molecular flexibility index (Phi) is 6.53. The van der Waals surface area contributed by atoms with Gasteiger partial charge >= 0.3 is 0 Å². The topological polar surface area (TPSA) is 77.0 Å². The molecule has 3 heterocycles. The summed E-state index contributed by atoms with van der Waals surface area (Å²) in [7, 11) is 3.50. The van der Waals surface area contributed by atoms with E-state index in [1.165, 1.54) is 0 Å². The number of likely N-dealkylation sites (tertiary alicyclic amines) is 1. The van der Waals surface area contributed by atoms with E-state index in [9.17, 15) is 14.7 Å². The zero-order chi connectivity index (χ0) is 24.6. The van der Waals surface area contributed by atoms with E-state index in [4.69, 9.17) is 4.98 Å². The van der Waals surface area contributed by atoms with Crippen molar-refractivity contribution in [2.75, 3.05) is 38.6 Å². The molecule has 3 fully saturated rings. The van der Waals surface area contributed by atoms with Crippen LogP contribution in [0, 0.1) is 5.41 Å². The number of carbonyl (C=O) groups excluding carboxylic acids is 2. The normalized spacial score (nSPS) is 26.9. The first-order valence-electron chi connectivity index (χ1n) is 12.9. The molecule has 2 saturated heterocycles. The van der Waals surface area contributed by atoms with E-state index in [0.29, 0.717) is 11.5 Å². The van der Waals surface area contributed by atoms with Crippen molar-refractivity contribution in [2.24, 2.45) is 5.41 Å². The van der Waals surface area contributed by atoms with E-state index in [1.54, 1.807) is 19.0 Å². The number of pyridine rings is 1. The van der Waals surface area contributed by atoms with E-state index >= 15 is 0 Å². The quantitative estimate of drug-likeness (QED) is 0.730. The number of aromatic nitrogens is 1. The van der Waals surface area contributed by atoms with Gasteiger partial charge in [-0.3, -0.25) is 9.59 Å². The fourth-order valence-electron chi connectivity index (χ4n) is 6.08. The largest absolute Gasteiger partial charge is 0.393 e. The van der Waals surface area contributed by atoms with Crippen LogP contribution in [0.5, 0.6) is 0 Å². The lowest BCUT2D eigenvalue weighted by Crippen LogP contribution is -2.50. The van der Waals surface area contributed by atoms with Gasteiger partial charge in [0.25, 0.3) is 5.91 Å². The average Bonchev–Trinajstić information content (AvgIpc) is 3.19. The van der Waals surface area contributed by atoms with Crippen molar-refractivity contribution in [3.63, 3.8) is 0 Å². The summed E-state index contributed by atoms with van der Waals surface area (Å²) < 4.78 is 0. The van der Waals surface area contributed by atoms with Crippen LogP contribution in [0.15, 0.2) is 42.6 Å². The molecule has 2 aromatic rings. The third-order valence-electron chi connectivity index (χ3n) is 8.17. The molecule has 0 unspecified atom stereocenters. The lowest BCUT2D eigenvalue weighted by Gasteiger charge is -2.41. The summed E-state index contributed by atoms with van der Waals surface area (Å²) in [6.45, 7) is 2.48. The Labute approximate surface area is 207 Å². The first kappa shape index (κ1) is 23.8.